The molecular formula is C13H20N4OS. The Labute approximate surface area is 117 Å². The van der Waals surface area contributed by atoms with Crippen molar-refractivity contribution in [1.29, 1.82) is 0 Å². The van der Waals surface area contributed by atoms with Crippen LogP contribution in [0.4, 0.5) is 0 Å². The van der Waals surface area contributed by atoms with Gasteiger partial charge in [-0.05, 0) is 19.5 Å². The zero-order chi connectivity index (χ0) is 13.7. The predicted octanol–water partition coefficient (Wildman–Crippen LogP) is 2.26. The first kappa shape index (κ1) is 14.0. The molecule has 1 unspecified atom stereocenters. The van der Waals surface area contributed by atoms with E-state index >= 15 is 0 Å². The summed E-state index contributed by atoms with van der Waals surface area (Å²) in [6.07, 6.45) is 3.53. The van der Waals surface area contributed by atoms with E-state index < -0.39 is 0 Å². The van der Waals surface area contributed by atoms with E-state index in [2.05, 4.69) is 28.4 Å². The van der Waals surface area contributed by atoms with E-state index in [0.717, 1.165) is 31.0 Å². The molecule has 104 valence electrons. The Bertz CT molecular complexity index is 508. The fraction of sp³-hybridized carbons (Fsp3) is 0.538. The number of nitrogens with zero attached hydrogens (tertiary/aromatic N) is 3. The summed E-state index contributed by atoms with van der Waals surface area (Å²) in [6, 6.07) is 2.32. The van der Waals surface area contributed by atoms with Crippen LogP contribution in [0.5, 0.6) is 5.75 Å². The maximum Gasteiger partial charge on any atom is 0.138 e. The van der Waals surface area contributed by atoms with E-state index in [9.17, 15) is 0 Å². The van der Waals surface area contributed by atoms with E-state index in [1.165, 1.54) is 4.88 Å². The summed E-state index contributed by atoms with van der Waals surface area (Å²) in [4.78, 5) is 5.62. The number of methoxy groups -OCH3 is 1. The standard InChI is InChI=1S/C13H20N4OS/c1-4-5-17-13(15-9-16-17)7-11(14-2)12-6-10(18-3)8-19-12/h6,8-9,11,14H,4-5,7H2,1-3H3. The second-order valence-corrected chi connectivity index (χ2v) is 5.28. The van der Waals surface area contributed by atoms with Gasteiger partial charge in [0.2, 0.25) is 0 Å². The molecule has 2 aromatic rings. The molecule has 0 aromatic carbocycles. The van der Waals surface area contributed by atoms with Gasteiger partial charge in [-0.15, -0.1) is 11.3 Å². The lowest BCUT2D eigenvalue weighted by Gasteiger charge is -2.14. The third-order valence-electron chi connectivity index (χ3n) is 3.04. The highest BCUT2D eigenvalue weighted by Gasteiger charge is 2.16. The molecule has 6 heteroatoms. The fourth-order valence-electron chi connectivity index (χ4n) is 2.00. The summed E-state index contributed by atoms with van der Waals surface area (Å²) >= 11 is 1.70. The van der Waals surface area contributed by atoms with E-state index in [0.29, 0.717) is 0 Å². The van der Waals surface area contributed by atoms with Gasteiger partial charge in [-0.25, -0.2) is 4.98 Å². The van der Waals surface area contributed by atoms with Crippen LogP contribution in [0.25, 0.3) is 0 Å². The van der Waals surface area contributed by atoms with Crippen LogP contribution in [0.3, 0.4) is 0 Å². The lowest BCUT2D eigenvalue weighted by molar-refractivity contribution is 0.415. The molecule has 0 radical (unpaired) electrons. The molecule has 2 rings (SSSR count). The number of aryl methyl sites for hydroxylation is 1. The molecule has 0 fully saturated rings. The van der Waals surface area contributed by atoms with Crippen molar-refractivity contribution in [2.24, 2.45) is 0 Å². The number of nitrogens with one attached hydrogen (secondary N) is 1. The molecule has 0 spiro atoms. The molecule has 0 saturated heterocycles. The number of thiophene rings is 1. The van der Waals surface area contributed by atoms with Crippen LogP contribution in [0.1, 0.15) is 30.1 Å². The van der Waals surface area contributed by atoms with Gasteiger partial charge in [-0.1, -0.05) is 6.92 Å². The number of likely N-dealkylation sites (N-methyl/N-ethyl adjacent to an activating group) is 1. The van der Waals surface area contributed by atoms with Gasteiger partial charge in [0.05, 0.1) is 7.11 Å². The molecule has 1 atom stereocenters. The summed E-state index contributed by atoms with van der Waals surface area (Å²) in [5, 5.41) is 9.63. The number of ether oxygens (including phenoxy) is 1. The van der Waals surface area contributed by atoms with Crippen LogP contribution in [0, 0.1) is 0 Å². The number of hydrogen-bond donors (Lipinski definition) is 1. The minimum absolute atomic E-state index is 0.244. The van der Waals surface area contributed by atoms with E-state index in [1.807, 2.05) is 17.1 Å². The second kappa shape index (κ2) is 6.68. The first-order chi connectivity index (χ1) is 9.28. The van der Waals surface area contributed by atoms with Crippen LogP contribution in [0.15, 0.2) is 17.8 Å². The van der Waals surface area contributed by atoms with Gasteiger partial charge in [0.25, 0.3) is 0 Å². The lowest BCUT2D eigenvalue weighted by atomic mass is 10.1. The van der Waals surface area contributed by atoms with Crippen LogP contribution >= 0.6 is 11.3 Å². The Balaban J connectivity index is 2.12. The van der Waals surface area contributed by atoms with Crippen molar-refractivity contribution in [3.05, 3.63) is 28.5 Å². The molecule has 2 heterocycles. The van der Waals surface area contributed by atoms with Gasteiger partial charge in [0.15, 0.2) is 0 Å². The zero-order valence-electron chi connectivity index (χ0n) is 11.6. The topological polar surface area (TPSA) is 52.0 Å². The first-order valence-corrected chi connectivity index (χ1v) is 7.32. The minimum Gasteiger partial charge on any atom is -0.496 e. The van der Waals surface area contributed by atoms with Crippen molar-refractivity contribution < 1.29 is 4.74 Å². The molecule has 0 bridgehead atoms. The van der Waals surface area contributed by atoms with Gasteiger partial charge in [-0.2, -0.15) is 5.10 Å². The summed E-state index contributed by atoms with van der Waals surface area (Å²) in [5.41, 5.74) is 0. The van der Waals surface area contributed by atoms with E-state index in [1.54, 1.807) is 24.8 Å². The van der Waals surface area contributed by atoms with Gasteiger partial charge < -0.3 is 10.1 Å². The molecule has 1 N–H and O–H groups in total. The van der Waals surface area contributed by atoms with Crippen molar-refractivity contribution in [2.45, 2.75) is 32.4 Å². The molecule has 2 aromatic heterocycles. The summed E-state index contributed by atoms with van der Waals surface area (Å²) in [5.74, 6) is 1.93. The SMILES string of the molecule is CCCn1ncnc1CC(NC)c1cc(OC)cs1. The Morgan fingerprint density at radius 2 is 2.37 bits per heavy atom. The number of hydrogen-bond acceptors (Lipinski definition) is 5. The summed E-state index contributed by atoms with van der Waals surface area (Å²) in [7, 11) is 3.66. The van der Waals surface area contributed by atoms with E-state index in [-0.39, 0.29) is 6.04 Å². The van der Waals surface area contributed by atoms with Gasteiger partial charge in [0, 0.05) is 29.3 Å². The van der Waals surface area contributed by atoms with Crippen molar-refractivity contribution in [3.63, 3.8) is 0 Å². The van der Waals surface area contributed by atoms with Crippen molar-refractivity contribution in [2.75, 3.05) is 14.2 Å². The molecule has 0 aliphatic rings. The maximum atomic E-state index is 5.24. The van der Waals surface area contributed by atoms with Crippen LogP contribution in [0.2, 0.25) is 0 Å². The monoisotopic (exact) mass is 280 g/mol. The third kappa shape index (κ3) is 3.33. The minimum atomic E-state index is 0.244. The Hall–Kier alpha value is -1.40. The van der Waals surface area contributed by atoms with Crippen molar-refractivity contribution in [1.82, 2.24) is 20.1 Å². The average molecular weight is 280 g/mol. The van der Waals surface area contributed by atoms with Crippen LogP contribution < -0.4 is 10.1 Å². The largest absolute Gasteiger partial charge is 0.496 e. The highest BCUT2D eigenvalue weighted by Crippen LogP contribution is 2.28. The van der Waals surface area contributed by atoms with Gasteiger partial charge in [-0.3, -0.25) is 4.68 Å². The van der Waals surface area contributed by atoms with E-state index in [4.69, 9.17) is 4.74 Å². The lowest BCUT2D eigenvalue weighted by Crippen LogP contribution is -2.20. The quantitative estimate of drug-likeness (QED) is 0.845. The normalized spacial score (nSPS) is 12.6. The molecule has 5 nitrogen and oxygen atoms in total. The Kier molecular flexibility index (Phi) is 4.93. The van der Waals surface area contributed by atoms with Gasteiger partial charge >= 0.3 is 0 Å². The molecule has 0 saturated carbocycles. The first-order valence-electron chi connectivity index (χ1n) is 6.44. The maximum absolute atomic E-state index is 5.24. The van der Waals surface area contributed by atoms with Crippen molar-refractivity contribution in [3.8, 4) is 5.75 Å². The molecule has 0 aliphatic heterocycles. The summed E-state index contributed by atoms with van der Waals surface area (Å²) in [6.45, 7) is 3.06. The van der Waals surface area contributed by atoms with Gasteiger partial charge in [0.1, 0.15) is 17.9 Å². The predicted molar refractivity (Wildman–Crippen MR) is 76.7 cm³/mol. The number of rotatable bonds is 7. The zero-order valence-corrected chi connectivity index (χ0v) is 12.4. The third-order valence-corrected chi connectivity index (χ3v) is 4.07. The molecule has 19 heavy (non-hydrogen) atoms. The van der Waals surface area contributed by atoms with Crippen molar-refractivity contribution >= 4 is 11.3 Å². The molecule has 0 aliphatic carbocycles. The smallest absolute Gasteiger partial charge is 0.138 e. The highest BCUT2D eigenvalue weighted by molar-refractivity contribution is 7.10. The van der Waals surface area contributed by atoms with Crippen LogP contribution in [-0.2, 0) is 13.0 Å². The fourth-order valence-corrected chi connectivity index (χ4v) is 2.96. The highest BCUT2D eigenvalue weighted by atomic mass is 32.1. The van der Waals surface area contributed by atoms with Crippen LogP contribution in [-0.4, -0.2) is 28.9 Å². The second-order valence-electron chi connectivity index (χ2n) is 4.33. The average Bonchev–Trinajstić information content (AvgIpc) is 3.05. The number of aromatic nitrogens is 3. The Morgan fingerprint density at radius 3 is 3.00 bits per heavy atom. The molecular weight excluding hydrogens is 260 g/mol. The summed E-state index contributed by atoms with van der Waals surface area (Å²) < 4.78 is 7.22. The molecule has 0 amide bonds. The Morgan fingerprint density at radius 1 is 1.53 bits per heavy atom.